The van der Waals surface area contributed by atoms with Crippen molar-refractivity contribution in [3.05, 3.63) is 58.7 Å². The van der Waals surface area contributed by atoms with Crippen molar-refractivity contribution < 1.29 is 4.79 Å². The minimum absolute atomic E-state index is 0.243. The monoisotopic (exact) mass is 340 g/mol. The van der Waals surface area contributed by atoms with E-state index in [1.165, 1.54) is 5.69 Å². The van der Waals surface area contributed by atoms with Crippen LogP contribution in [0.4, 0.5) is 0 Å². The number of hydrogen-bond donors (Lipinski definition) is 0. The minimum atomic E-state index is 0.243. The summed E-state index contributed by atoms with van der Waals surface area (Å²) >= 11 is 1.65. The molecule has 5 nitrogen and oxygen atoms in total. The fourth-order valence-corrected chi connectivity index (χ4v) is 3.86. The number of rotatable bonds is 4. The zero-order valence-electron chi connectivity index (χ0n) is 13.5. The molecule has 0 atom stereocenters. The summed E-state index contributed by atoms with van der Waals surface area (Å²) in [7, 11) is 0. The molecule has 1 aliphatic rings. The van der Waals surface area contributed by atoms with Crippen LogP contribution in [0.25, 0.3) is 5.65 Å². The van der Waals surface area contributed by atoms with Crippen molar-refractivity contribution in [2.75, 3.05) is 26.2 Å². The van der Waals surface area contributed by atoms with E-state index in [4.69, 9.17) is 0 Å². The van der Waals surface area contributed by atoms with Gasteiger partial charge in [-0.25, -0.2) is 4.98 Å². The second-order valence-electron chi connectivity index (χ2n) is 6.09. The van der Waals surface area contributed by atoms with Crippen molar-refractivity contribution in [3.63, 3.8) is 0 Å². The van der Waals surface area contributed by atoms with Gasteiger partial charge in [-0.3, -0.25) is 9.69 Å². The Balaban J connectivity index is 1.33. The average Bonchev–Trinajstić information content (AvgIpc) is 3.26. The van der Waals surface area contributed by atoms with Crippen LogP contribution in [0, 0.1) is 0 Å². The number of nitrogens with zero attached hydrogens (tertiary/aromatic N) is 4. The van der Waals surface area contributed by atoms with Crippen molar-refractivity contribution in [2.45, 2.75) is 13.0 Å². The highest BCUT2D eigenvalue weighted by Crippen LogP contribution is 2.14. The highest BCUT2D eigenvalue weighted by molar-refractivity contribution is 7.10. The molecule has 1 aliphatic heterocycles. The molecule has 3 aromatic heterocycles. The molecular weight excluding hydrogens is 320 g/mol. The molecule has 0 spiro atoms. The van der Waals surface area contributed by atoms with E-state index in [1.54, 1.807) is 11.3 Å². The number of imidazole rings is 1. The number of hydrogen-bond acceptors (Lipinski definition) is 4. The van der Waals surface area contributed by atoms with Crippen LogP contribution in [0.15, 0.2) is 48.1 Å². The largest absolute Gasteiger partial charge is 0.340 e. The summed E-state index contributed by atoms with van der Waals surface area (Å²) in [6.45, 7) is 4.31. The number of piperazine rings is 1. The van der Waals surface area contributed by atoms with E-state index < -0.39 is 0 Å². The molecule has 3 aromatic rings. The first-order valence-corrected chi connectivity index (χ1v) is 9.11. The number of thiophene rings is 1. The minimum Gasteiger partial charge on any atom is -0.340 e. The highest BCUT2D eigenvalue weighted by Gasteiger charge is 2.22. The molecule has 24 heavy (non-hydrogen) atoms. The summed E-state index contributed by atoms with van der Waals surface area (Å²) in [5.74, 6) is 0.243. The van der Waals surface area contributed by atoms with E-state index in [2.05, 4.69) is 20.5 Å². The normalized spacial score (nSPS) is 15.9. The van der Waals surface area contributed by atoms with Gasteiger partial charge in [0.25, 0.3) is 0 Å². The van der Waals surface area contributed by atoms with Crippen molar-refractivity contribution >= 4 is 22.9 Å². The molecule has 0 aromatic carbocycles. The predicted octanol–water partition coefficient (Wildman–Crippen LogP) is 2.28. The molecule has 4 rings (SSSR count). The Morgan fingerprint density at radius 3 is 2.79 bits per heavy atom. The molecule has 1 amide bonds. The third-order valence-corrected chi connectivity index (χ3v) is 5.39. The molecular formula is C18H20N4OS. The maximum Gasteiger partial charge on any atom is 0.227 e. The second kappa shape index (κ2) is 6.75. The smallest absolute Gasteiger partial charge is 0.227 e. The number of carbonyl (C=O) groups excluding carboxylic acids is 1. The van der Waals surface area contributed by atoms with Gasteiger partial charge in [0, 0.05) is 43.8 Å². The number of aromatic nitrogens is 2. The number of amides is 1. The Bertz CT molecular complexity index is 819. The summed E-state index contributed by atoms with van der Waals surface area (Å²) in [5, 5.41) is 2.02. The first-order valence-electron chi connectivity index (χ1n) is 8.23. The Labute approximate surface area is 145 Å². The molecule has 124 valence electrons. The quantitative estimate of drug-likeness (QED) is 0.732. The summed E-state index contributed by atoms with van der Waals surface area (Å²) in [6, 6.07) is 10.1. The van der Waals surface area contributed by atoms with Crippen LogP contribution in [0.1, 0.15) is 10.6 Å². The Morgan fingerprint density at radius 2 is 2.00 bits per heavy atom. The topological polar surface area (TPSA) is 40.9 Å². The first-order chi connectivity index (χ1) is 11.8. The summed E-state index contributed by atoms with van der Waals surface area (Å²) < 4.78 is 2.13. The SMILES string of the molecule is O=C(Cc1cccs1)N1CCN(Cc2cnc3ccccn23)CC1. The summed E-state index contributed by atoms with van der Waals surface area (Å²) in [5.41, 5.74) is 2.18. The average molecular weight is 340 g/mol. The maximum absolute atomic E-state index is 12.4. The van der Waals surface area contributed by atoms with E-state index >= 15 is 0 Å². The molecule has 1 saturated heterocycles. The second-order valence-corrected chi connectivity index (χ2v) is 7.12. The lowest BCUT2D eigenvalue weighted by Gasteiger charge is -2.34. The molecule has 6 heteroatoms. The fourth-order valence-electron chi connectivity index (χ4n) is 3.16. The van der Waals surface area contributed by atoms with Gasteiger partial charge >= 0.3 is 0 Å². The van der Waals surface area contributed by atoms with Crippen molar-refractivity contribution in [3.8, 4) is 0 Å². The van der Waals surface area contributed by atoms with E-state index in [0.29, 0.717) is 6.42 Å². The van der Waals surface area contributed by atoms with E-state index in [1.807, 2.05) is 46.8 Å². The van der Waals surface area contributed by atoms with Gasteiger partial charge in [-0.1, -0.05) is 12.1 Å². The molecule has 0 unspecified atom stereocenters. The standard InChI is InChI=1S/C18H20N4OS/c23-18(12-16-4-3-11-24-16)21-9-7-20(8-10-21)14-15-13-19-17-5-1-2-6-22(15)17/h1-6,11,13H,7-10,12,14H2. The molecule has 1 fully saturated rings. The van der Waals surface area contributed by atoms with Crippen LogP contribution in [0.3, 0.4) is 0 Å². The Kier molecular flexibility index (Phi) is 4.32. The van der Waals surface area contributed by atoms with Crippen LogP contribution >= 0.6 is 11.3 Å². The Hall–Kier alpha value is -2.18. The molecule has 0 saturated carbocycles. The van der Waals surface area contributed by atoms with Crippen LogP contribution < -0.4 is 0 Å². The number of carbonyl (C=O) groups is 1. The predicted molar refractivity (Wildman–Crippen MR) is 95.1 cm³/mol. The molecule has 0 radical (unpaired) electrons. The van der Waals surface area contributed by atoms with E-state index in [9.17, 15) is 4.79 Å². The van der Waals surface area contributed by atoms with Gasteiger partial charge < -0.3 is 9.30 Å². The zero-order valence-corrected chi connectivity index (χ0v) is 14.3. The van der Waals surface area contributed by atoms with Gasteiger partial charge in [-0.2, -0.15) is 0 Å². The van der Waals surface area contributed by atoms with Gasteiger partial charge in [0.15, 0.2) is 0 Å². The third kappa shape index (κ3) is 3.20. The first kappa shape index (κ1) is 15.4. The lowest BCUT2D eigenvalue weighted by molar-refractivity contribution is -0.132. The Morgan fingerprint density at radius 1 is 1.12 bits per heavy atom. The maximum atomic E-state index is 12.4. The van der Waals surface area contributed by atoms with Crippen LogP contribution in [0.5, 0.6) is 0 Å². The van der Waals surface area contributed by atoms with Crippen LogP contribution in [-0.2, 0) is 17.8 Å². The number of fused-ring (bicyclic) bond motifs is 1. The van der Waals surface area contributed by atoms with Crippen molar-refractivity contribution in [1.29, 1.82) is 0 Å². The molecule has 0 bridgehead atoms. The van der Waals surface area contributed by atoms with Gasteiger partial charge in [0.2, 0.25) is 5.91 Å². The molecule has 4 heterocycles. The van der Waals surface area contributed by atoms with E-state index in [-0.39, 0.29) is 5.91 Å². The molecule has 0 N–H and O–H groups in total. The van der Waals surface area contributed by atoms with Crippen molar-refractivity contribution in [1.82, 2.24) is 19.2 Å². The fraction of sp³-hybridized carbons (Fsp3) is 0.333. The van der Waals surface area contributed by atoms with Crippen LogP contribution in [0.2, 0.25) is 0 Å². The van der Waals surface area contributed by atoms with Gasteiger partial charge in [-0.05, 0) is 23.6 Å². The lowest BCUT2D eigenvalue weighted by atomic mass is 10.2. The summed E-state index contributed by atoms with van der Waals surface area (Å²) in [6.07, 6.45) is 4.53. The van der Waals surface area contributed by atoms with Gasteiger partial charge in [0.05, 0.1) is 18.3 Å². The van der Waals surface area contributed by atoms with Gasteiger partial charge in [0.1, 0.15) is 5.65 Å². The molecule has 0 aliphatic carbocycles. The van der Waals surface area contributed by atoms with Crippen LogP contribution in [-0.4, -0.2) is 51.3 Å². The zero-order chi connectivity index (χ0) is 16.4. The van der Waals surface area contributed by atoms with E-state index in [0.717, 1.165) is 43.2 Å². The van der Waals surface area contributed by atoms with Gasteiger partial charge in [-0.15, -0.1) is 11.3 Å². The summed E-state index contributed by atoms with van der Waals surface area (Å²) in [4.78, 5) is 22.3. The lowest BCUT2D eigenvalue weighted by Crippen LogP contribution is -2.48. The number of pyridine rings is 1. The van der Waals surface area contributed by atoms with Crippen molar-refractivity contribution in [2.24, 2.45) is 0 Å². The third-order valence-electron chi connectivity index (χ3n) is 4.51. The highest BCUT2D eigenvalue weighted by atomic mass is 32.1.